The molecule has 2 rings (SSSR count). The highest BCUT2D eigenvalue weighted by Gasteiger charge is 2.15. The van der Waals surface area contributed by atoms with E-state index in [1.165, 1.54) is 11.3 Å². The van der Waals surface area contributed by atoms with Crippen LogP contribution in [-0.2, 0) is 0 Å². The topological polar surface area (TPSA) is 38.8 Å². The van der Waals surface area contributed by atoms with E-state index in [1.807, 2.05) is 42.6 Å². The summed E-state index contributed by atoms with van der Waals surface area (Å²) in [5.41, 5.74) is 1.02. The van der Waals surface area contributed by atoms with E-state index in [1.54, 1.807) is 19.1 Å². The summed E-state index contributed by atoms with van der Waals surface area (Å²) in [7, 11) is 3.42. The second-order valence-electron chi connectivity index (χ2n) is 4.68. The van der Waals surface area contributed by atoms with Crippen molar-refractivity contribution in [3.05, 3.63) is 46.2 Å². The van der Waals surface area contributed by atoms with Gasteiger partial charge in [0.2, 0.25) is 0 Å². The van der Waals surface area contributed by atoms with Crippen molar-refractivity contribution in [1.82, 2.24) is 4.90 Å². The molecule has 0 aliphatic rings. The Balaban J connectivity index is 1.82. The first-order valence-electron chi connectivity index (χ1n) is 6.68. The maximum Gasteiger partial charge on any atom is 0.264 e. The summed E-state index contributed by atoms with van der Waals surface area (Å²) in [6, 6.07) is 9.35. The van der Waals surface area contributed by atoms with Gasteiger partial charge in [0.15, 0.2) is 0 Å². The molecule has 1 amide bonds. The third-order valence-corrected chi connectivity index (χ3v) is 4.16. The van der Waals surface area contributed by atoms with Crippen LogP contribution >= 0.6 is 11.3 Å². The molecular formula is C16H19NO3S. The molecule has 0 aliphatic heterocycles. The summed E-state index contributed by atoms with van der Waals surface area (Å²) in [5.74, 6) is 1.60. The molecule has 1 aromatic heterocycles. The maximum atomic E-state index is 12.2. The normalized spacial score (nSPS) is 10.2. The number of carbonyl (C=O) groups excluding carboxylic acids is 1. The number of carbonyl (C=O) groups is 1. The number of nitrogens with zero attached hydrogens (tertiary/aromatic N) is 1. The zero-order valence-corrected chi connectivity index (χ0v) is 13.3. The first kappa shape index (κ1) is 15.4. The van der Waals surface area contributed by atoms with Crippen LogP contribution in [0.1, 0.15) is 15.2 Å². The van der Waals surface area contributed by atoms with Gasteiger partial charge in [-0.05, 0) is 48.2 Å². The van der Waals surface area contributed by atoms with Crippen molar-refractivity contribution < 1.29 is 14.3 Å². The van der Waals surface area contributed by atoms with Crippen LogP contribution in [0.4, 0.5) is 0 Å². The smallest absolute Gasteiger partial charge is 0.264 e. The Bertz CT molecular complexity index is 592. The van der Waals surface area contributed by atoms with Gasteiger partial charge in [-0.1, -0.05) is 0 Å². The fourth-order valence-electron chi connectivity index (χ4n) is 1.84. The average molecular weight is 305 g/mol. The highest BCUT2D eigenvalue weighted by Crippen LogP contribution is 2.18. The SMILES string of the molecule is COc1ccc(OCCN(C)C(=O)c2sccc2C)cc1. The molecule has 0 atom stereocenters. The Labute approximate surface area is 128 Å². The van der Waals surface area contributed by atoms with E-state index in [-0.39, 0.29) is 5.91 Å². The lowest BCUT2D eigenvalue weighted by Gasteiger charge is -2.17. The van der Waals surface area contributed by atoms with Crippen molar-refractivity contribution in [2.24, 2.45) is 0 Å². The van der Waals surface area contributed by atoms with Gasteiger partial charge in [-0.3, -0.25) is 4.79 Å². The van der Waals surface area contributed by atoms with Crippen LogP contribution in [0.3, 0.4) is 0 Å². The van der Waals surface area contributed by atoms with Crippen molar-refractivity contribution in [3.8, 4) is 11.5 Å². The number of hydrogen-bond acceptors (Lipinski definition) is 4. The van der Waals surface area contributed by atoms with Gasteiger partial charge in [0, 0.05) is 7.05 Å². The highest BCUT2D eigenvalue weighted by atomic mass is 32.1. The minimum Gasteiger partial charge on any atom is -0.497 e. The zero-order chi connectivity index (χ0) is 15.2. The summed E-state index contributed by atoms with van der Waals surface area (Å²) in [4.78, 5) is 14.7. The van der Waals surface area contributed by atoms with Gasteiger partial charge in [-0.25, -0.2) is 0 Å². The standard InChI is InChI=1S/C16H19NO3S/c1-12-8-11-21-15(12)16(18)17(2)9-10-20-14-6-4-13(19-3)5-7-14/h4-8,11H,9-10H2,1-3H3. The largest absolute Gasteiger partial charge is 0.497 e. The minimum absolute atomic E-state index is 0.0424. The van der Waals surface area contributed by atoms with Gasteiger partial charge < -0.3 is 14.4 Å². The van der Waals surface area contributed by atoms with Crippen molar-refractivity contribution in [2.45, 2.75) is 6.92 Å². The van der Waals surface area contributed by atoms with E-state index in [0.717, 1.165) is 21.9 Å². The number of hydrogen-bond donors (Lipinski definition) is 0. The third kappa shape index (κ3) is 3.98. The van der Waals surface area contributed by atoms with E-state index in [4.69, 9.17) is 9.47 Å². The lowest BCUT2D eigenvalue weighted by molar-refractivity contribution is 0.0778. The number of benzene rings is 1. The molecule has 0 N–H and O–H groups in total. The van der Waals surface area contributed by atoms with Gasteiger partial charge in [0.25, 0.3) is 5.91 Å². The molecule has 1 aromatic carbocycles. The van der Waals surface area contributed by atoms with Crippen LogP contribution in [0, 0.1) is 6.92 Å². The van der Waals surface area contributed by atoms with E-state index in [2.05, 4.69) is 0 Å². The molecule has 0 spiro atoms. The van der Waals surface area contributed by atoms with Gasteiger partial charge in [0.05, 0.1) is 18.5 Å². The number of amides is 1. The molecule has 0 saturated carbocycles. The lowest BCUT2D eigenvalue weighted by atomic mass is 10.3. The van der Waals surface area contributed by atoms with E-state index >= 15 is 0 Å². The predicted octanol–water partition coefficient (Wildman–Crippen LogP) is 3.22. The summed E-state index contributed by atoms with van der Waals surface area (Å²) >= 11 is 1.47. The van der Waals surface area contributed by atoms with Gasteiger partial charge in [-0.2, -0.15) is 0 Å². The molecule has 5 heteroatoms. The number of likely N-dealkylation sites (N-methyl/N-ethyl adjacent to an activating group) is 1. The first-order valence-corrected chi connectivity index (χ1v) is 7.56. The number of thiophene rings is 1. The number of rotatable bonds is 6. The molecule has 0 unspecified atom stereocenters. The Morgan fingerprint density at radius 1 is 1.19 bits per heavy atom. The van der Waals surface area contributed by atoms with Crippen molar-refractivity contribution >= 4 is 17.2 Å². The van der Waals surface area contributed by atoms with Crippen LogP contribution in [-0.4, -0.2) is 38.1 Å². The number of methoxy groups -OCH3 is 1. The summed E-state index contributed by atoms with van der Waals surface area (Å²) in [6.45, 7) is 2.95. The Morgan fingerprint density at radius 3 is 2.43 bits per heavy atom. The molecule has 21 heavy (non-hydrogen) atoms. The van der Waals surface area contributed by atoms with Gasteiger partial charge >= 0.3 is 0 Å². The van der Waals surface area contributed by atoms with Gasteiger partial charge in [0.1, 0.15) is 18.1 Å². The van der Waals surface area contributed by atoms with E-state index in [9.17, 15) is 4.79 Å². The zero-order valence-electron chi connectivity index (χ0n) is 12.5. The highest BCUT2D eigenvalue weighted by molar-refractivity contribution is 7.12. The molecule has 0 saturated heterocycles. The summed E-state index contributed by atoms with van der Waals surface area (Å²) in [5, 5.41) is 1.93. The van der Waals surface area contributed by atoms with E-state index in [0.29, 0.717) is 13.2 Å². The Kier molecular flexibility index (Phi) is 5.22. The molecule has 1 heterocycles. The van der Waals surface area contributed by atoms with Crippen LogP contribution in [0.5, 0.6) is 11.5 Å². The molecule has 112 valence electrons. The lowest BCUT2D eigenvalue weighted by Crippen LogP contribution is -2.30. The molecule has 0 aliphatic carbocycles. The maximum absolute atomic E-state index is 12.2. The van der Waals surface area contributed by atoms with Crippen molar-refractivity contribution in [2.75, 3.05) is 27.3 Å². The number of aryl methyl sites for hydroxylation is 1. The monoisotopic (exact) mass is 305 g/mol. The molecule has 4 nitrogen and oxygen atoms in total. The third-order valence-electron chi connectivity index (χ3n) is 3.16. The average Bonchev–Trinajstić information content (AvgIpc) is 2.93. The van der Waals surface area contributed by atoms with Gasteiger partial charge in [-0.15, -0.1) is 11.3 Å². The predicted molar refractivity (Wildman–Crippen MR) is 84.5 cm³/mol. The number of ether oxygens (including phenoxy) is 2. The summed E-state index contributed by atoms with van der Waals surface area (Å²) < 4.78 is 10.7. The molecule has 0 radical (unpaired) electrons. The fraction of sp³-hybridized carbons (Fsp3) is 0.312. The quantitative estimate of drug-likeness (QED) is 0.822. The second kappa shape index (κ2) is 7.13. The minimum atomic E-state index is 0.0424. The van der Waals surface area contributed by atoms with Crippen LogP contribution < -0.4 is 9.47 Å². The summed E-state index contributed by atoms with van der Waals surface area (Å²) in [6.07, 6.45) is 0. The molecule has 0 fully saturated rings. The van der Waals surface area contributed by atoms with Crippen molar-refractivity contribution in [1.29, 1.82) is 0 Å². The van der Waals surface area contributed by atoms with Crippen LogP contribution in [0.25, 0.3) is 0 Å². The molecule has 0 bridgehead atoms. The Hall–Kier alpha value is -2.01. The fourth-order valence-corrected chi connectivity index (χ4v) is 2.76. The van der Waals surface area contributed by atoms with Crippen LogP contribution in [0.15, 0.2) is 35.7 Å². The van der Waals surface area contributed by atoms with Crippen LogP contribution in [0.2, 0.25) is 0 Å². The Morgan fingerprint density at radius 2 is 1.86 bits per heavy atom. The van der Waals surface area contributed by atoms with E-state index < -0.39 is 0 Å². The second-order valence-corrected chi connectivity index (χ2v) is 5.60. The van der Waals surface area contributed by atoms with Crippen molar-refractivity contribution in [3.63, 3.8) is 0 Å². The molecule has 2 aromatic rings. The molecular weight excluding hydrogens is 286 g/mol. The first-order chi connectivity index (χ1) is 10.1.